The molecule has 27 heavy (non-hydrogen) atoms. The van der Waals surface area contributed by atoms with Gasteiger partial charge in [0.15, 0.2) is 12.2 Å². The van der Waals surface area contributed by atoms with E-state index in [1.54, 1.807) is 37.9 Å². The Balaban J connectivity index is 1.78. The van der Waals surface area contributed by atoms with E-state index in [-0.39, 0.29) is 31.3 Å². The predicted molar refractivity (Wildman–Crippen MR) is 96.4 cm³/mol. The second-order valence-corrected chi connectivity index (χ2v) is 7.30. The van der Waals surface area contributed by atoms with Crippen LogP contribution < -0.4 is 5.32 Å². The summed E-state index contributed by atoms with van der Waals surface area (Å²) in [4.78, 5) is 35.9. The lowest BCUT2D eigenvalue weighted by Gasteiger charge is -2.29. The Hall–Kier alpha value is -2.81. The number of ether oxygens (including phenoxy) is 1. The van der Waals surface area contributed by atoms with Crippen LogP contribution in [0, 0.1) is 0 Å². The highest BCUT2D eigenvalue weighted by Crippen LogP contribution is 2.35. The van der Waals surface area contributed by atoms with Crippen molar-refractivity contribution in [2.24, 2.45) is 0 Å². The molecule has 1 fully saturated rings. The first-order chi connectivity index (χ1) is 12.8. The number of alkyl carbamates (subject to hydrolysis) is 1. The van der Waals surface area contributed by atoms with Crippen molar-refractivity contribution in [2.75, 3.05) is 19.7 Å². The minimum atomic E-state index is -0.596. The SMILES string of the molecule is C=CCON1C(=O)N2C[C@H]1C(c1cnco1)=C[C@@H]2CNC(=O)OC(C)(C)C. The van der Waals surface area contributed by atoms with Gasteiger partial charge in [0.05, 0.1) is 25.4 Å². The highest BCUT2D eigenvalue weighted by atomic mass is 16.7. The summed E-state index contributed by atoms with van der Waals surface area (Å²) in [6, 6.07) is -0.953. The first-order valence-electron chi connectivity index (χ1n) is 8.71. The number of rotatable bonds is 6. The van der Waals surface area contributed by atoms with Crippen LogP contribution in [-0.2, 0) is 9.57 Å². The average Bonchev–Trinajstić information content (AvgIpc) is 3.20. The molecule has 1 aromatic heterocycles. The van der Waals surface area contributed by atoms with Crippen molar-refractivity contribution in [3.8, 4) is 0 Å². The van der Waals surface area contributed by atoms with Crippen LogP contribution in [0.2, 0.25) is 0 Å². The predicted octanol–water partition coefficient (Wildman–Crippen LogP) is 2.19. The molecule has 9 nitrogen and oxygen atoms in total. The van der Waals surface area contributed by atoms with Crippen LogP contribution in [0.25, 0.3) is 5.57 Å². The molecule has 2 bridgehead atoms. The summed E-state index contributed by atoms with van der Waals surface area (Å²) < 4.78 is 10.7. The molecule has 3 heterocycles. The fraction of sp³-hybridized carbons (Fsp3) is 0.500. The summed E-state index contributed by atoms with van der Waals surface area (Å²) in [5.41, 5.74) is 0.191. The smallest absolute Gasteiger partial charge is 0.407 e. The maximum Gasteiger partial charge on any atom is 0.407 e. The van der Waals surface area contributed by atoms with Crippen LogP contribution in [0.1, 0.15) is 26.5 Å². The number of nitrogens with one attached hydrogen (secondary N) is 1. The highest BCUT2D eigenvalue weighted by molar-refractivity contribution is 5.85. The number of amides is 3. The summed E-state index contributed by atoms with van der Waals surface area (Å²) in [7, 11) is 0. The van der Waals surface area contributed by atoms with Crippen molar-refractivity contribution < 1.29 is 23.6 Å². The molecule has 3 amide bonds. The molecule has 0 unspecified atom stereocenters. The molecule has 9 heteroatoms. The zero-order valence-electron chi connectivity index (χ0n) is 15.7. The van der Waals surface area contributed by atoms with Crippen molar-refractivity contribution in [1.82, 2.24) is 20.3 Å². The lowest BCUT2D eigenvalue weighted by atomic mass is 9.98. The number of fused-ring (bicyclic) bond motifs is 2. The normalized spacial score (nSPS) is 21.9. The Morgan fingerprint density at radius 3 is 2.93 bits per heavy atom. The van der Waals surface area contributed by atoms with E-state index < -0.39 is 11.7 Å². The Morgan fingerprint density at radius 2 is 2.30 bits per heavy atom. The van der Waals surface area contributed by atoms with Crippen molar-refractivity contribution in [3.63, 3.8) is 0 Å². The highest BCUT2D eigenvalue weighted by Gasteiger charge is 2.47. The van der Waals surface area contributed by atoms with Gasteiger partial charge in [0, 0.05) is 12.1 Å². The number of carbonyl (C=O) groups excluding carboxylic acids is 2. The van der Waals surface area contributed by atoms with Crippen LogP contribution in [0.15, 0.2) is 35.7 Å². The first kappa shape index (κ1) is 19.0. The third-order valence-corrected chi connectivity index (χ3v) is 4.12. The molecular formula is C18H24N4O5. The van der Waals surface area contributed by atoms with Crippen molar-refractivity contribution in [2.45, 2.75) is 38.5 Å². The maximum absolute atomic E-state index is 12.8. The van der Waals surface area contributed by atoms with Gasteiger partial charge in [-0.1, -0.05) is 12.2 Å². The molecule has 146 valence electrons. The second-order valence-electron chi connectivity index (χ2n) is 7.30. The van der Waals surface area contributed by atoms with Crippen LogP contribution >= 0.6 is 0 Å². The van der Waals surface area contributed by atoms with Gasteiger partial charge >= 0.3 is 12.1 Å². The van der Waals surface area contributed by atoms with E-state index in [2.05, 4.69) is 16.9 Å². The molecular weight excluding hydrogens is 352 g/mol. The van der Waals surface area contributed by atoms with E-state index in [1.165, 1.54) is 11.5 Å². The number of nitrogens with zero attached hydrogens (tertiary/aromatic N) is 3. The van der Waals surface area contributed by atoms with Crippen LogP contribution in [0.4, 0.5) is 9.59 Å². The number of urea groups is 1. The second kappa shape index (κ2) is 7.43. The Bertz CT molecular complexity index is 737. The summed E-state index contributed by atoms with van der Waals surface area (Å²) in [6.45, 7) is 9.82. The number of aromatic nitrogens is 1. The molecule has 1 aromatic rings. The van der Waals surface area contributed by atoms with E-state index in [4.69, 9.17) is 14.0 Å². The Labute approximate surface area is 157 Å². The lowest BCUT2D eigenvalue weighted by molar-refractivity contribution is -0.106. The van der Waals surface area contributed by atoms with Crippen LogP contribution in [0.3, 0.4) is 0 Å². The summed E-state index contributed by atoms with van der Waals surface area (Å²) in [5, 5.41) is 4.04. The van der Waals surface area contributed by atoms with Gasteiger partial charge in [0.1, 0.15) is 11.6 Å². The molecule has 2 aliphatic heterocycles. The van der Waals surface area contributed by atoms with E-state index >= 15 is 0 Å². The Morgan fingerprint density at radius 1 is 1.52 bits per heavy atom. The summed E-state index contributed by atoms with van der Waals surface area (Å²) in [6.07, 6.45) is 5.85. The van der Waals surface area contributed by atoms with Crippen molar-refractivity contribution in [1.29, 1.82) is 0 Å². The molecule has 2 atom stereocenters. The van der Waals surface area contributed by atoms with E-state index in [9.17, 15) is 9.59 Å². The monoisotopic (exact) mass is 376 g/mol. The van der Waals surface area contributed by atoms with Gasteiger partial charge in [0.25, 0.3) is 0 Å². The first-order valence-corrected chi connectivity index (χ1v) is 8.71. The van der Waals surface area contributed by atoms with Gasteiger partial charge in [-0.3, -0.25) is 4.84 Å². The Kier molecular flexibility index (Phi) is 5.22. The summed E-state index contributed by atoms with van der Waals surface area (Å²) >= 11 is 0. The van der Waals surface area contributed by atoms with E-state index in [1.807, 2.05) is 6.08 Å². The van der Waals surface area contributed by atoms with Gasteiger partial charge in [-0.15, -0.1) is 6.58 Å². The minimum Gasteiger partial charge on any atom is -0.444 e. The van der Waals surface area contributed by atoms with Crippen molar-refractivity contribution >= 4 is 17.7 Å². The van der Waals surface area contributed by atoms with Gasteiger partial charge in [-0.25, -0.2) is 14.6 Å². The largest absolute Gasteiger partial charge is 0.444 e. The molecule has 2 aliphatic rings. The number of hydrogen-bond acceptors (Lipinski definition) is 6. The zero-order chi connectivity index (χ0) is 19.6. The minimum absolute atomic E-state index is 0.209. The van der Waals surface area contributed by atoms with Gasteiger partial charge in [-0.2, -0.15) is 5.06 Å². The standard InChI is InChI=1S/C18H24N4O5/c1-5-6-26-22-14-10-21(17(22)24)12(7-13(14)15-9-19-11-25-15)8-20-16(23)27-18(2,3)4/h5,7,9,11-12,14H,1,6,8,10H2,2-4H3,(H,20,23)/t12-,14+/m1/s1. The van der Waals surface area contributed by atoms with E-state index in [0.717, 1.165) is 5.57 Å². The lowest BCUT2D eigenvalue weighted by Crippen LogP contribution is -2.46. The molecule has 0 radical (unpaired) electrons. The molecule has 1 N–H and O–H groups in total. The van der Waals surface area contributed by atoms with Crippen LogP contribution in [0.5, 0.6) is 0 Å². The zero-order valence-corrected chi connectivity index (χ0v) is 15.7. The summed E-state index contributed by atoms with van der Waals surface area (Å²) in [5.74, 6) is 0.559. The number of oxazole rings is 1. The number of hydroxylamine groups is 2. The number of hydrogen-bond donors (Lipinski definition) is 1. The van der Waals surface area contributed by atoms with Gasteiger partial charge < -0.3 is 19.4 Å². The van der Waals surface area contributed by atoms with Crippen LogP contribution in [-0.4, -0.2) is 64.5 Å². The molecule has 0 spiro atoms. The fourth-order valence-corrected chi connectivity index (χ4v) is 3.06. The molecule has 3 rings (SSSR count). The molecule has 0 saturated carbocycles. The fourth-order valence-electron chi connectivity index (χ4n) is 3.06. The molecule has 0 aromatic carbocycles. The quantitative estimate of drug-likeness (QED) is 0.765. The van der Waals surface area contributed by atoms with Gasteiger partial charge in [-0.05, 0) is 20.8 Å². The van der Waals surface area contributed by atoms with E-state index in [0.29, 0.717) is 12.3 Å². The number of carbonyl (C=O) groups is 2. The third kappa shape index (κ3) is 4.13. The van der Waals surface area contributed by atoms with Gasteiger partial charge in [0.2, 0.25) is 0 Å². The maximum atomic E-state index is 12.8. The molecule has 0 aliphatic carbocycles. The third-order valence-electron chi connectivity index (χ3n) is 4.12. The topological polar surface area (TPSA) is 97.1 Å². The molecule has 1 saturated heterocycles. The average molecular weight is 376 g/mol. The van der Waals surface area contributed by atoms with Crippen molar-refractivity contribution in [3.05, 3.63) is 37.1 Å².